The lowest BCUT2D eigenvalue weighted by Crippen LogP contribution is -2.50. The van der Waals surface area contributed by atoms with Gasteiger partial charge in [0.05, 0.1) is 5.69 Å². The molecule has 2 amide bonds. The van der Waals surface area contributed by atoms with Crippen LogP contribution < -0.4 is 15.4 Å². The molecule has 2 N–H and O–H groups in total. The highest BCUT2D eigenvalue weighted by Crippen LogP contribution is 2.25. The number of hydrogen-bond acceptors (Lipinski definition) is 4. The molecule has 0 aliphatic carbocycles. The molecule has 0 spiro atoms. The van der Waals surface area contributed by atoms with Gasteiger partial charge in [-0.15, -0.1) is 6.42 Å². The van der Waals surface area contributed by atoms with Crippen molar-refractivity contribution in [3.63, 3.8) is 0 Å². The van der Waals surface area contributed by atoms with Gasteiger partial charge in [-0.3, -0.25) is 4.90 Å². The quantitative estimate of drug-likeness (QED) is 0.767. The summed E-state index contributed by atoms with van der Waals surface area (Å²) in [6.07, 6.45) is 5.15. The SMILES string of the molecule is C#CCOc1cc(F)ccc1NC(=O)N[C@H](C)CN1CCN(C)CC1. The molecule has 0 saturated carbocycles. The second-order valence-corrected chi connectivity index (χ2v) is 6.24. The summed E-state index contributed by atoms with van der Waals surface area (Å²) in [5, 5.41) is 5.57. The molecule has 0 aromatic heterocycles. The minimum Gasteiger partial charge on any atom is -0.479 e. The Bertz CT molecular complexity index is 624. The van der Waals surface area contributed by atoms with Crippen molar-refractivity contribution in [1.29, 1.82) is 0 Å². The maximum atomic E-state index is 13.3. The van der Waals surface area contributed by atoms with Crippen LogP contribution in [0, 0.1) is 18.2 Å². The van der Waals surface area contributed by atoms with Gasteiger partial charge in [0.1, 0.15) is 18.2 Å². The molecule has 1 fully saturated rings. The topological polar surface area (TPSA) is 56.8 Å². The number of rotatable bonds is 6. The number of likely N-dealkylation sites (N-methyl/N-ethyl adjacent to an activating group) is 1. The fourth-order valence-corrected chi connectivity index (χ4v) is 2.68. The Balaban J connectivity index is 1.86. The molecule has 0 unspecified atom stereocenters. The fraction of sp³-hybridized carbons (Fsp3) is 0.500. The molecule has 2 rings (SSSR count). The Morgan fingerprint density at radius 3 is 2.80 bits per heavy atom. The molecule has 1 aromatic carbocycles. The molecular weight excluding hydrogens is 323 g/mol. The predicted octanol–water partition coefficient (Wildman–Crippen LogP) is 1.60. The zero-order valence-electron chi connectivity index (χ0n) is 14.7. The first-order chi connectivity index (χ1) is 12.0. The van der Waals surface area contributed by atoms with Gasteiger partial charge in [-0.2, -0.15) is 0 Å². The van der Waals surface area contributed by atoms with Crippen LogP contribution in [0.1, 0.15) is 6.92 Å². The molecule has 1 atom stereocenters. The van der Waals surface area contributed by atoms with E-state index in [1.807, 2.05) is 6.92 Å². The Morgan fingerprint density at radius 1 is 1.40 bits per heavy atom. The highest BCUT2D eigenvalue weighted by atomic mass is 19.1. The number of nitrogens with zero attached hydrogens (tertiary/aromatic N) is 2. The summed E-state index contributed by atoms with van der Waals surface area (Å²) in [6.45, 7) is 6.79. The van der Waals surface area contributed by atoms with Gasteiger partial charge >= 0.3 is 6.03 Å². The van der Waals surface area contributed by atoms with Gasteiger partial charge < -0.3 is 20.3 Å². The maximum Gasteiger partial charge on any atom is 0.319 e. The largest absolute Gasteiger partial charge is 0.479 e. The zero-order valence-corrected chi connectivity index (χ0v) is 14.7. The van der Waals surface area contributed by atoms with Crippen LogP contribution in [0.25, 0.3) is 0 Å². The van der Waals surface area contributed by atoms with Crippen LogP contribution in [0.3, 0.4) is 0 Å². The molecular formula is C18H25FN4O2. The number of anilines is 1. The zero-order chi connectivity index (χ0) is 18.2. The second-order valence-electron chi connectivity index (χ2n) is 6.24. The van der Waals surface area contributed by atoms with Gasteiger partial charge in [0, 0.05) is 44.8 Å². The van der Waals surface area contributed by atoms with Crippen LogP contribution in [0.4, 0.5) is 14.9 Å². The van der Waals surface area contributed by atoms with Crippen molar-refractivity contribution in [2.45, 2.75) is 13.0 Å². The van der Waals surface area contributed by atoms with E-state index >= 15 is 0 Å². The summed E-state index contributed by atoms with van der Waals surface area (Å²) in [4.78, 5) is 16.8. The number of piperazine rings is 1. The van der Waals surface area contributed by atoms with E-state index < -0.39 is 5.82 Å². The van der Waals surface area contributed by atoms with E-state index in [1.165, 1.54) is 18.2 Å². The molecule has 1 aromatic rings. The van der Waals surface area contributed by atoms with E-state index in [2.05, 4.69) is 33.4 Å². The first-order valence-corrected chi connectivity index (χ1v) is 8.32. The third kappa shape index (κ3) is 6.25. The normalized spacial score (nSPS) is 16.7. The Labute approximate surface area is 148 Å². The summed E-state index contributed by atoms with van der Waals surface area (Å²) in [7, 11) is 2.11. The van der Waals surface area contributed by atoms with Gasteiger partial charge in [0.25, 0.3) is 0 Å². The number of nitrogens with one attached hydrogen (secondary N) is 2. The molecule has 1 saturated heterocycles. The van der Waals surface area contributed by atoms with Gasteiger partial charge in [-0.1, -0.05) is 5.92 Å². The highest BCUT2D eigenvalue weighted by Gasteiger charge is 2.17. The molecule has 0 radical (unpaired) electrons. The van der Waals surface area contributed by atoms with Crippen LogP contribution >= 0.6 is 0 Å². The Hall–Kier alpha value is -2.30. The molecule has 6 nitrogen and oxygen atoms in total. The molecule has 136 valence electrons. The van der Waals surface area contributed by atoms with Crippen molar-refractivity contribution in [3.05, 3.63) is 24.0 Å². The average molecular weight is 348 g/mol. The van der Waals surface area contributed by atoms with E-state index in [9.17, 15) is 9.18 Å². The van der Waals surface area contributed by atoms with E-state index in [4.69, 9.17) is 11.2 Å². The Kier molecular flexibility index (Phi) is 7.04. The van der Waals surface area contributed by atoms with Crippen LogP contribution in [0.15, 0.2) is 18.2 Å². The monoisotopic (exact) mass is 348 g/mol. The van der Waals surface area contributed by atoms with Crippen LogP contribution in [0.2, 0.25) is 0 Å². The highest BCUT2D eigenvalue weighted by molar-refractivity contribution is 5.91. The molecule has 1 heterocycles. The third-order valence-corrected chi connectivity index (χ3v) is 4.01. The standard InChI is InChI=1S/C18H25FN4O2/c1-4-11-25-17-12-15(19)5-6-16(17)21-18(24)20-14(2)13-23-9-7-22(3)8-10-23/h1,5-6,12,14H,7-11,13H2,2-3H3,(H2,20,21,24)/t14-/m1/s1. The number of hydrogen-bond donors (Lipinski definition) is 2. The number of urea groups is 1. The maximum absolute atomic E-state index is 13.3. The van der Waals surface area contributed by atoms with Crippen molar-refractivity contribution in [1.82, 2.24) is 15.1 Å². The summed E-state index contributed by atoms with van der Waals surface area (Å²) < 4.78 is 18.6. The van der Waals surface area contributed by atoms with Crippen LogP contribution in [-0.2, 0) is 0 Å². The number of amides is 2. The first-order valence-electron chi connectivity index (χ1n) is 8.32. The molecule has 1 aliphatic heterocycles. The fourth-order valence-electron chi connectivity index (χ4n) is 2.68. The third-order valence-electron chi connectivity index (χ3n) is 4.01. The number of benzene rings is 1. The summed E-state index contributed by atoms with van der Waals surface area (Å²) in [6, 6.07) is 3.52. The minimum absolute atomic E-state index is 0.000435. The number of carbonyl (C=O) groups is 1. The lowest BCUT2D eigenvalue weighted by molar-refractivity contribution is 0.145. The predicted molar refractivity (Wildman–Crippen MR) is 96.3 cm³/mol. The number of halogens is 1. The van der Waals surface area contributed by atoms with Gasteiger partial charge in [0.15, 0.2) is 0 Å². The van der Waals surface area contributed by atoms with Gasteiger partial charge in [0.2, 0.25) is 0 Å². The van der Waals surface area contributed by atoms with Gasteiger partial charge in [-0.05, 0) is 26.1 Å². The minimum atomic E-state index is -0.457. The summed E-state index contributed by atoms with van der Waals surface area (Å²) >= 11 is 0. The lowest BCUT2D eigenvalue weighted by Gasteiger charge is -2.34. The van der Waals surface area contributed by atoms with E-state index in [0.717, 1.165) is 32.7 Å². The Morgan fingerprint density at radius 2 is 2.12 bits per heavy atom. The summed E-state index contributed by atoms with van der Waals surface area (Å²) in [5.41, 5.74) is 0.376. The second kappa shape index (κ2) is 9.25. The lowest BCUT2D eigenvalue weighted by atomic mass is 10.2. The number of carbonyl (C=O) groups excluding carboxylic acids is 1. The van der Waals surface area contributed by atoms with E-state index in [0.29, 0.717) is 5.69 Å². The van der Waals surface area contributed by atoms with Crippen molar-refractivity contribution in [3.8, 4) is 18.1 Å². The smallest absolute Gasteiger partial charge is 0.319 e. The van der Waals surface area contributed by atoms with Crippen molar-refractivity contribution >= 4 is 11.7 Å². The first kappa shape index (κ1) is 19.0. The van der Waals surface area contributed by atoms with Crippen LogP contribution in [-0.4, -0.2) is 68.3 Å². The van der Waals surface area contributed by atoms with Crippen molar-refractivity contribution < 1.29 is 13.9 Å². The molecule has 1 aliphatic rings. The van der Waals surface area contributed by atoms with Crippen molar-refractivity contribution in [2.24, 2.45) is 0 Å². The molecule has 0 bridgehead atoms. The summed E-state index contributed by atoms with van der Waals surface area (Å²) in [5.74, 6) is 2.07. The number of terminal acetylenes is 1. The average Bonchev–Trinajstić information content (AvgIpc) is 2.57. The van der Waals surface area contributed by atoms with Gasteiger partial charge in [-0.25, -0.2) is 9.18 Å². The number of ether oxygens (including phenoxy) is 1. The van der Waals surface area contributed by atoms with E-state index in [-0.39, 0.29) is 24.4 Å². The van der Waals surface area contributed by atoms with E-state index in [1.54, 1.807) is 0 Å². The van der Waals surface area contributed by atoms with Crippen molar-refractivity contribution in [2.75, 3.05) is 51.7 Å². The molecule has 7 heteroatoms. The van der Waals surface area contributed by atoms with Crippen LogP contribution in [0.5, 0.6) is 5.75 Å². The molecule has 25 heavy (non-hydrogen) atoms.